The van der Waals surface area contributed by atoms with Gasteiger partial charge in [0.15, 0.2) is 11.5 Å². The molecule has 1 unspecified atom stereocenters. The molecule has 2 heterocycles. The van der Waals surface area contributed by atoms with Crippen LogP contribution < -0.4 is 0 Å². The van der Waals surface area contributed by atoms with Gasteiger partial charge in [-0.2, -0.15) is 0 Å². The largest absolute Gasteiger partial charge is 0.440 e. The molecule has 1 aliphatic heterocycles. The Balaban J connectivity index is 1.57. The third-order valence-corrected chi connectivity index (χ3v) is 4.53. The number of oxazole rings is 1. The second-order valence-electron chi connectivity index (χ2n) is 5.73. The van der Waals surface area contributed by atoms with Crippen LogP contribution in [0.25, 0.3) is 11.1 Å². The molecule has 2 aliphatic rings. The van der Waals surface area contributed by atoms with Crippen molar-refractivity contribution in [1.29, 1.82) is 0 Å². The Labute approximate surface area is 111 Å². The van der Waals surface area contributed by atoms with Crippen molar-refractivity contribution in [2.45, 2.75) is 37.6 Å². The zero-order valence-corrected chi connectivity index (χ0v) is 10.8. The molecule has 3 nitrogen and oxygen atoms in total. The van der Waals surface area contributed by atoms with Crippen molar-refractivity contribution in [3.8, 4) is 0 Å². The number of halogens is 1. The van der Waals surface area contributed by atoms with Crippen LogP contribution in [0.3, 0.4) is 0 Å². The van der Waals surface area contributed by atoms with E-state index in [0.29, 0.717) is 17.0 Å². The molecule has 1 aliphatic carbocycles. The number of fused-ring (bicyclic) bond motifs is 1. The van der Waals surface area contributed by atoms with Crippen molar-refractivity contribution in [1.82, 2.24) is 9.88 Å². The van der Waals surface area contributed by atoms with Gasteiger partial charge in [-0.1, -0.05) is 6.42 Å². The zero-order valence-electron chi connectivity index (χ0n) is 10.8. The standard InChI is InChI=1S/C15H17FN2O/c16-11-4-5-14-13(8-11)17-15(19-14)10-6-7-18(9-10)12-2-1-3-12/h4-5,8,10,12H,1-3,6-7,9H2. The van der Waals surface area contributed by atoms with Gasteiger partial charge >= 0.3 is 0 Å². The molecule has 1 saturated carbocycles. The van der Waals surface area contributed by atoms with E-state index in [2.05, 4.69) is 9.88 Å². The Morgan fingerprint density at radius 3 is 2.95 bits per heavy atom. The molecule has 0 spiro atoms. The first-order chi connectivity index (χ1) is 9.29. The fourth-order valence-corrected chi connectivity index (χ4v) is 3.17. The molecular formula is C15H17FN2O. The molecule has 19 heavy (non-hydrogen) atoms. The molecule has 2 fully saturated rings. The Kier molecular flexibility index (Phi) is 2.58. The van der Waals surface area contributed by atoms with Crippen LogP contribution in [0.5, 0.6) is 0 Å². The second-order valence-corrected chi connectivity index (χ2v) is 5.73. The fourth-order valence-electron chi connectivity index (χ4n) is 3.17. The molecule has 1 saturated heterocycles. The molecule has 0 amide bonds. The van der Waals surface area contributed by atoms with Gasteiger partial charge in [0.1, 0.15) is 11.3 Å². The van der Waals surface area contributed by atoms with Crippen LogP contribution in [0.15, 0.2) is 22.6 Å². The molecule has 0 bridgehead atoms. The van der Waals surface area contributed by atoms with Gasteiger partial charge in [-0.3, -0.25) is 4.90 Å². The zero-order chi connectivity index (χ0) is 12.8. The summed E-state index contributed by atoms with van der Waals surface area (Å²) in [6, 6.07) is 5.32. The highest BCUT2D eigenvalue weighted by Gasteiger charge is 2.34. The Hall–Kier alpha value is -1.42. The van der Waals surface area contributed by atoms with Gasteiger partial charge in [0.2, 0.25) is 0 Å². The molecular weight excluding hydrogens is 243 g/mol. The van der Waals surface area contributed by atoms with E-state index in [1.807, 2.05) is 0 Å². The van der Waals surface area contributed by atoms with Crippen LogP contribution in [-0.4, -0.2) is 29.0 Å². The number of benzene rings is 1. The normalized spacial score (nSPS) is 25.0. The van der Waals surface area contributed by atoms with Crippen LogP contribution in [0, 0.1) is 5.82 Å². The summed E-state index contributed by atoms with van der Waals surface area (Å²) in [5.74, 6) is 0.897. The summed E-state index contributed by atoms with van der Waals surface area (Å²) in [5.41, 5.74) is 1.33. The van der Waals surface area contributed by atoms with Gasteiger partial charge in [0, 0.05) is 24.6 Å². The monoisotopic (exact) mass is 260 g/mol. The summed E-state index contributed by atoms with van der Waals surface area (Å²) in [5, 5.41) is 0. The highest BCUT2D eigenvalue weighted by molar-refractivity contribution is 5.72. The van der Waals surface area contributed by atoms with E-state index in [0.717, 1.165) is 31.4 Å². The van der Waals surface area contributed by atoms with Gasteiger partial charge in [-0.15, -0.1) is 0 Å². The van der Waals surface area contributed by atoms with Crippen molar-refractivity contribution < 1.29 is 8.81 Å². The van der Waals surface area contributed by atoms with Gasteiger partial charge in [0.05, 0.1) is 0 Å². The summed E-state index contributed by atoms with van der Waals surface area (Å²) in [6.07, 6.45) is 5.15. The van der Waals surface area contributed by atoms with Crippen LogP contribution in [0.1, 0.15) is 37.5 Å². The van der Waals surface area contributed by atoms with Crippen molar-refractivity contribution in [2.75, 3.05) is 13.1 Å². The second kappa shape index (κ2) is 4.30. The Morgan fingerprint density at radius 2 is 2.16 bits per heavy atom. The maximum atomic E-state index is 13.2. The van der Waals surface area contributed by atoms with Crippen molar-refractivity contribution >= 4 is 11.1 Å². The van der Waals surface area contributed by atoms with Crippen molar-refractivity contribution in [3.05, 3.63) is 29.9 Å². The van der Waals surface area contributed by atoms with E-state index >= 15 is 0 Å². The maximum absolute atomic E-state index is 13.2. The molecule has 100 valence electrons. The summed E-state index contributed by atoms with van der Waals surface area (Å²) in [4.78, 5) is 7.02. The predicted octanol–water partition coefficient (Wildman–Crippen LogP) is 3.31. The van der Waals surface area contributed by atoms with Crippen molar-refractivity contribution in [3.63, 3.8) is 0 Å². The van der Waals surface area contributed by atoms with Gasteiger partial charge in [0.25, 0.3) is 0 Å². The average Bonchev–Trinajstić information content (AvgIpc) is 2.92. The number of likely N-dealkylation sites (tertiary alicyclic amines) is 1. The van der Waals surface area contributed by atoms with Gasteiger partial charge < -0.3 is 4.42 Å². The lowest BCUT2D eigenvalue weighted by atomic mass is 9.92. The molecule has 4 rings (SSSR count). The van der Waals surface area contributed by atoms with Crippen molar-refractivity contribution in [2.24, 2.45) is 0 Å². The lowest BCUT2D eigenvalue weighted by Crippen LogP contribution is -2.38. The van der Waals surface area contributed by atoms with E-state index in [1.165, 1.54) is 31.4 Å². The molecule has 0 radical (unpaired) electrons. The highest BCUT2D eigenvalue weighted by Crippen LogP contribution is 2.34. The van der Waals surface area contributed by atoms with Crippen LogP contribution in [-0.2, 0) is 0 Å². The Bertz CT molecular complexity index is 605. The number of nitrogens with zero attached hydrogens (tertiary/aromatic N) is 2. The number of hydrogen-bond donors (Lipinski definition) is 0. The first kappa shape index (κ1) is 11.4. The molecule has 1 aromatic heterocycles. The third kappa shape index (κ3) is 1.94. The van der Waals surface area contributed by atoms with E-state index in [1.54, 1.807) is 6.07 Å². The van der Waals surface area contributed by atoms with Crippen LogP contribution >= 0.6 is 0 Å². The SMILES string of the molecule is Fc1ccc2oc(C3CCN(C4CCC4)C3)nc2c1. The minimum absolute atomic E-state index is 0.255. The molecule has 2 aromatic rings. The summed E-state index contributed by atoms with van der Waals surface area (Å²) < 4.78 is 18.9. The van der Waals surface area contributed by atoms with E-state index in [9.17, 15) is 4.39 Å². The summed E-state index contributed by atoms with van der Waals surface area (Å²) in [7, 11) is 0. The number of rotatable bonds is 2. The maximum Gasteiger partial charge on any atom is 0.199 e. The fraction of sp³-hybridized carbons (Fsp3) is 0.533. The summed E-state index contributed by atoms with van der Waals surface area (Å²) >= 11 is 0. The van der Waals surface area contributed by atoms with Crippen LogP contribution in [0.2, 0.25) is 0 Å². The average molecular weight is 260 g/mol. The van der Waals surface area contributed by atoms with E-state index < -0.39 is 0 Å². The molecule has 4 heteroatoms. The summed E-state index contributed by atoms with van der Waals surface area (Å²) in [6.45, 7) is 2.18. The molecule has 1 atom stereocenters. The topological polar surface area (TPSA) is 29.3 Å². The highest BCUT2D eigenvalue weighted by atomic mass is 19.1. The Morgan fingerprint density at radius 1 is 1.26 bits per heavy atom. The molecule has 0 N–H and O–H groups in total. The minimum Gasteiger partial charge on any atom is -0.440 e. The predicted molar refractivity (Wildman–Crippen MR) is 70.5 cm³/mol. The molecule has 1 aromatic carbocycles. The third-order valence-electron chi connectivity index (χ3n) is 4.53. The number of hydrogen-bond acceptors (Lipinski definition) is 3. The minimum atomic E-state index is -0.255. The lowest BCUT2D eigenvalue weighted by Gasteiger charge is -2.34. The first-order valence-corrected chi connectivity index (χ1v) is 7.09. The van der Waals surface area contributed by atoms with E-state index in [4.69, 9.17) is 4.42 Å². The number of aromatic nitrogens is 1. The first-order valence-electron chi connectivity index (χ1n) is 7.09. The van der Waals surface area contributed by atoms with E-state index in [-0.39, 0.29) is 5.82 Å². The smallest absolute Gasteiger partial charge is 0.199 e. The lowest BCUT2D eigenvalue weighted by molar-refractivity contribution is 0.156. The van der Waals surface area contributed by atoms with Crippen LogP contribution in [0.4, 0.5) is 4.39 Å². The van der Waals surface area contributed by atoms with Gasteiger partial charge in [-0.25, -0.2) is 9.37 Å². The van der Waals surface area contributed by atoms with Gasteiger partial charge in [-0.05, 0) is 37.9 Å². The quantitative estimate of drug-likeness (QED) is 0.829.